The van der Waals surface area contributed by atoms with E-state index in [1.165, 1.54) is 5.56 Å². The topological polar surface area (TPSA) is 50.4 Å². The lowest BCUT2D eigenvalue weighted by Gasteiger charge is -2.38. The van der Waals surface area contributed by atoms with Crippen LogP contribution in [0.2, 0.25) is 0 Å². The molecule has 1 unspecified atom stereocenters. The van der Waals surface area contributed by atoms with Gasteiger partial charge in [-0.05, 0) is 56.2 Å². The van der Waals surface area contributed by atoms with Gasteiger partial charge in [0.25, 0.3) is 0 Å². The second-order valence-electron chi connectivity index (χ2n) is 7.85. The van der Waals surface area contributed by atoms with Crippen LogP contribution in [-0.2, 0) is 14.9 Å². The van der Waals surface area contributed by atoms with Crippen molar-refractivity contribution >= 4 is 18.3 Å². The molecule has 0 bridgehead atoms. The van der Waals surface area contributed by atoms with E-state index in [-0.39, 0.29) is 29.6 Å². The van der Waals surface area contributed by atoms with Crippen molar-refractivity contribution in [3.63, 3.8) is 0 Å². The zero-order chi connectivity index (χ0) is 16.5. The maximum atomic E-state index is 12.7. The van der Waals surface area contributed by atoms with E-state index in [0.717, 1.165) is 65.0 Å². The van der Waals surface area contributed by atoms with Crippen LogP contribution in [0.25, 0.3) is 0 Å². The summed E-state index contributed by atoms with van der Waals surface area (Å²) in [6, 6.07) is 10.6. The second-order valence-corrected chi connectivity index (χ2v) is 7.85. The zero-order valence-electron chi connectivity index (χ0n) is 14.8. The van der Waals surface area contributed by atoms with Crippen molar-refractivity contribution in [3.8, 4) is 0 Å². The molecule has 4 nitrogen and oxygen atoms in total. The fourth-order valence-corrected chi connectivity index (χ4v) is 4.70. The zero-order valence-corrected chi connectivity index (χ0v) is 15.6. The average molecular weight is 365 g/mol. The molecule has 2 heterocycles. The molecule has 1 amide bonds. The van der Waals surface area contributed by atoms with Crippen molar-refractivity contribution in [3.05, 3.63) is 35.9 Å². The Balaban J connectivity index is 0.00000182. The summed E-state index contributed by atoms with van der Waals surface area (Å²) in [4.78, 5) is 12.7. The van der Waals surface area contributed by atoms with Crippen LogP contribution in [0.15, 0.2) is 30.3 Å². The van der Waals surface area contributed by atoms with Crippen LogP contribution in [-0.4, -0.2) is 38.8 Å². The van der Waals surface area contributed by atoms with Gasteiger partial charge in [0.05, 0.1) is 0 Å². The number of ether oxygens (including phenoxy) is 1. The van der Waals surface area contributed by atoms with E-state index < -0.39 is 0 Å². The van der Waals surface area contributed by atoms with Crippen LogP contribution < -0.4 is 10.6 Å². The molecule has 3 fully saturated rings. The summed E-state index contributed by atoms with van der Waals surface area (Å²) >= 11 is 0. The summed E-state index contributed by atoms with van der Waals surface area (Å²) in [6.07, 6.45) is 5.36. The van der Waals surface area contributed by atoms with E-state index in [4.69, 9.17) is 4.74 Å². The Morgan fingerprint density at radius 2 is 1.80 bits per heavy atom. The van der Waals surface area contributed by atoms with Gasteiger partial charge in [-0.3, -0.25) is 4.79 Å². The predicted octanol–water partition coefficient (Wildman–Crippen LogP) is 2.66. The first-order chi connectivity index (χ1) is 11.7. The second kappa shape index (κ2) is 7.65. The smallest absolute Gasteiger partial charge is 0.223 e. The molecule has 1 aromatic carbocycles. The number of piperidine rings is 1. The van der Waals surface area contributed by atoms with Crippen molar-refractivity contribution in [1.29, 1.82) is 0 Å². The highest BCUT2D eigenvalue weighted by molar-refractivity contribution is 5.85. The van der Waals surface area contributed by atoms with Crippen LogP contribution >= 0.6 is 12.4 Å². The lowest BCUT2D eigenvalue weighted by molar-refractivity contribution is -0.123. The number of halogens is 1. The first-order valence-corrected chi connectivity index (χ1v) is 9.36. The molecule has 1 aliphatic carbocycles. The van der Waals surface area contributed by atoms with Gasteiger partial charge in [-0.25, -0.2) is 0 Å². The summed E-state index contributed by atoms with van der Waals surface area (Å²) in [7, 11) is 0. The summed E-state index contributed by atoms with van der Waals surface area (Å²) in [6.45, 7) is 4.43. The van der Waals surface area contributed by atoms with Gasteiger partial charge >= 0.3 is 0 Å². The van der Waals surface area contributed by atoms with E-state index in [1.807, 2.05) is 0 Å². The Labute approximate surface area is 156 Å². The SMILES string of the molecule is Cl.O=C(NCC1(c2ccccc2)CCOCC1)C1CC12CCNCC2. The van der Waals surface area contributed by atoms with Gasteiger partial charge in [0.2, 0.25) is 5.91 Å². The first kappa shape index (κ1) is 18.7. The number of amides is 1. The number of benzene rings is 1. The van der Waals surface area contributed by atoms with Crippen molar-refractivity contribution in [2.75, 3.05) is 32.8 Å². The number of hydrogen-bond acceptors (Lipinski definition) is 3. The van der Waals surface area contributed by atoms with E-state index in [0.29, 0.717) is 5.41 Å². The molecule has 25 heavy (non-hydrogen) atoms. The highest BCUT2D eigenvalue weighted by Crippen LogP contribution is 2.58. The largest absolute Gasteiger partial charge is 0.381 e. The third kappa shape index (κ3) is 3.71. The van der Waals surface area contributed by atoms with Gasteiger partial charge in [-0.1, -0.05) is 30.3 Å². The number of carbonyl (C=O) groups is 1. The quantitative estimate of drug-likeness (QED) is 0.863. The Bertz CT molecular complexity index is 581. The van der Waals surface area contributed by atoms with Gasteiger partial charge in [0.15, 0.2) is 0 Å². The van der Waals surface area contributed by atoms with E-state index in [1.54, 1.807) is 0 Å². The Hall–Kier alpha value is -1.10. The molecule has 2 saturated heterocycles. The van der Waals surface area contributed by atoms with Gasteiger partial charge in [0.1, 0.15) is 0 Å². The minimum Gasteiger partial charge on any atom is -0.381 e. The normalized spacial score (nSPS) is 26.5. The number of hydrogen-bond donors (Lipinski definition) is 2. The Kier molecular flexibility index (Phi) is 5.71. The van der Waals surface area contributed by atoms with Crippen molar-refractivity contribution in [2.45, 2.75) is 37.5 Å². The molecular formula is C20H29ClN2O2. The van der Waals surface area contributed by atoms with Gasteiger partial charge < -0.3 is 15.4 Å². The fraction of sp³-hybridized carbons (Fsp3) is 0.650. The summed E-state index contributed by atoms with van der Waals surface area (Å²) in [5, 5.41) is 6.72. The van der Waals surface area contributed by atoms with Crippen LogP contribution in [0.5, 0.6) is 0 Å². The number of rotatable bonds is 4. The Morgan fingerprint density at radius 1 is 1.12 bits per heavy atom. The average Bonchev–Trinajstić information content (AvgIpc) is 3.35. The van der Waals surface area contributed by atoms with Crippen molar-refractivity contribution < 1.29 is 9.53 Å². The van der Waals surface area contributed by atoms with Gasteiger partial charge in [-0.2, -0.15) is 0 Å². The minimum absolute atomic E-state index is 0. The minimum atomic E-state index is 0. The maximum Gasteiger partial charge on any atom is 0.223 e. The van der Waals surface area contributed by atoms with Crippen molar-refractivity contribution in [2.24, 2.45) is 11.3 Å². The standard InChI is InChI=1S/C20H28N2O2.ClH/c23-18(17-14-19(17)6-10-21-11-7-19)22-15-20(8-12-24-13-9-20)16-4-2-1-3-5-16;/h1-5,17,21H,6-15H2,(H,22,23);1H. The third-order valence-corrected chi connectivity index (χ3v) is 6.54. The van der Waals surface area contributed by atoms with E-state index in [9.17, 15) is 4.79 Å². The third-order valence-electron chi connectivity index (χ3n) is 6.54. The molecule has 3 aliphatic rings. The molecule has 1 atom stereocenters. The first-order valence-electron chi connectivity index (χ1n) is 9.36. The molecular weight excluding hydrogens is 336 g/mol. The maximum absolute atomic E-state index is 12.7. The van der Waals surface area contributed by atoms with Crippen LogP contribution in [0.4, 0.5) is 0 Å². The van der Waals surface area contributed by atoms with Crippen molar-refractivity contribution in [1.82, 2.24) is 10.6 Å². The highest BCUT2D eigenvalue weighted by Gasteiger charge is 2.57. The van der Waals surface area contributed by atoms with Crippen LogP contribution in [0, 0.1) is 11.3 Å². The molecule has 4 rings (SSSR count). The number of nitrogens with one attached hydrogen (secondary N) is 2. The molecule has 5 heteroatoms. The van der Waals surface area contributed by atoms with E-state index >= 15 is 0 Å². The molecule has 1 saturated carbocycles. The van der Waals surface area contributed by atoms with Crippen LogP contribution in [0.3, 0.4) is 0 Å². The lowest BCUT2D eigenvalue weighted by atomic mass is 9.74. The summed E-state index contributed by atoms with van der Waals surface area (Å²) in [5.41, 5.74) is 1.68. The summed E-state index contributed by atoms with van der Waals surface area (Å²) < 4.78 is 5.58. The highest BCUT2D eigenvalue weighted by atomic mass is 35.5. The molecule has 0 radical (unpaired) electrons. The molecule has 138 valence electrons. The van der Waals surface area contributed by atoms with E-state index in [2.05, 4.69) is 41.0 Å². The Morgan fingerprint density at radius 3 is 2.48 bits per heavy atom. The fourth-order valence-electron chi connectivity index (χ4n) is 4.70. The van der Waals surface area contributed by atoms with Crippen LogP contribution in [0.1, 0.15) is 37.7 Å². The summed E-state index contributed by atoms with van der Waals surface area (Å²) in [5.74, 6) is 0.519. The molecule has 0 aromatic heterocycles. The monoisotopic (exact) mass is 364 g/mol. The molecule has 2 N–H and O–H groups in total. The molecule has 1 spiro atoms. The van der Waals surface area contributed by atoms with Gasteiger partial charge in [0, 0.05) is 31.1 Å². The number of carbonyl (C=O) groups excluding carboxylic acids is 1. The van der Waals surface area contributed by atoms with Gasteiger partial charge in [-0.15, -0.1) is 12.4 Å². The predicted molar refractivity (Wildman–Crippen MR) is 101 cm³/mol. The molecule has 1 aromatic rings. The lowest BCUT2D eigenvalue weighted by Crippen LogP contribution is -2.45. The molecule has 2 aliphatic heterocycles.